The molecule has 0 saturated carbocycles. The minimum atomic E-state index is 0.103. The lowest BCUT2D eigenvalue weighted by molar-refractivity contribution is 0.0497. The highest BCUT2D eigenvalue weighted by Crippen LogP contribution is 2.32. The number of oxazole rings is 1. The summed E-state index contributed by atoms with van der Waals surface area (Å²) in [7, 11) is 1.90. The number of piperidine rings is 1. The Morgan fingerprint density at radius 1 is 1.21 bits per heavy atom. The number of amides is 1. The van der Waals surface area contributed by atoms with Crippen LogP contribution in [-0.2, 0) is 13.5 Å². The Morgan fingerprint density at radius 2 is 2.06 bits per heavy atom. The van der Waals surface area contributed by atoms with Gasteiger partial charge in [-0.3, -0.25) is 9.48 Å². The fourth-order valence-electron chi connectivity index (χ4n) is 5.04. The first kappa shape index (κ1) is 21.4. The summed E-state index contributed by atoms with van der Waals surface area (Å²) >= 11 is 0. The Balaban J connectivity index is 1.42. The van der Waals surface area contributed by atoms with E-state index in [1.165, 1.54) is 0 Å². The molecule has 0 N–H and O–H groups in total. The maximum atomic E-state index is 13.9. The van der Waals surface area contributed by atoms with E-state index in [1.54, 1.807) is 4.68 Å². The van der Waals surface area contributed by atoms with Crippen molar-refractivity contribution >= 4 is 17.0 Å². The molecule has 1 saturated heterocycles. The van der Waals surface area contributed by atoms with Crippen molar-refractivity contribution in [3.05, 3.63) is 71.9 Å². The average Bonchev–Trinajstić information content (AvgIpc) is 3.43. The normalized spacial score (nSPS) is 18.7. The highest BCUT2D eigenvalue weighted by Gasteiger charge is 2.33. The molecule has 33 heavy (non-hydrogen) atoms. The second-order valence-corrected chi connectivity index (χ2v) is 9.25. The molecule has 5 rings (SSSR count). The second kappa shape index (κ2) is 8.85. The zero-order chi connectivity index (χ0) is 22.9. The molecule has 1 aliphatic rings. The molecule has 1 aliphatic heterocycles. The van der Waals surface area contributed by atoms with Gasteiger partial charge in [-0.2, -0.15) is 5.10 Å². The van der Waals surface area contributed by atoms with E-state index in [4.69, 9.17) is 4.42 Å². The van der Waals surface area contributed by atoms with Gasteiger partial charge in [0.25, 0.3) is 5.91 Å². The third-order valence-electron chi connectivity index (χ3n) is 6.79. The summed E-state index contributed by atoms with van der Waals surface area (Å²) in [6, 6.07) is 14.1. The van der Waals surface area contributed by atoms with E-state index in [9.17, 15) is 4.79 Å². The monoisotopic (exact) mass is 442 g/mol. The quantitative estimate of drug-likeness (QED) is 0.415. The van der Waals surface area contributed by atoms with Crippen LogP contribution in [0.25, 0.3) is 22.2 Å². The van der Waals surface area contributed by atoms with E-state index < -0.39 is 0 Å². The molecule has 4 aromatic rings. The van der Waals surface area contributed by atoms with Gasteiger partial charge < -0.3 is 9.32 Å². The van der Waals surface area contributed by atoms with Crippen molar-refractivity contribution in [2.45, 2.75) is 45.6 Å². The predicted octanol–water partition coefficient (Wildman–Crippen LogP) is 5.41. The van der Waals surface area contributed by atoms with Gasteiger partial charge in [0.05, 0.1) is 6.20 Å². The van der Waals surface area contributed by atoms with Crippen LogP contribution in [0.2, 0.25) is 0 Å². The van der Waals surface area contributed by atoms with Crippen LogP contribution < -0.4 is 0 Å². The number of likely N-dealkylation sites (tertiary alicyclic amines) is 1. The fourth-order valence-corrected chi connectivity index (χ4v) is 5.04. The SMILES string of the molecule is Cc1ccc(-c2cnn(C)c2)c(C(=O)N2CCC[C@@H](C)[C@H]2CCc2nc3ccccc3o2)c1. The van der Waals surface area contributed by atoms with Crippen molar-refractivity contribution in [3.8, 4) is 11.1 Å². The molecule has 0 unspecified atom stereocenters. The number of aryl methyl sites for hydroxylation is 3. The topological polar surface area (TPSA) is 64.2 Å². The van der Waals surface area contributed by atoms with Crippen LogP contribution in [0.5, 0.6) is 0 Å². The number of carbonyl (C=O) groups is 1. The first-order chi connectivity index (χ1) is 16.0. The van der Waals surface area contributed by atoms with Crippen LogP contribution in [0.4, 0.5) is 0 Å². The summed E-state index contributed by atoms with van der Waals surface area (Å²) < 4.78 is 7.72. The number of hydrogen-bond acceptors (Lipinski definition) is 4. The smallest absolute Gasteiger partial charge is 0.254 e. The lowest BCUT2D eigenvalue weighted by Crippen LogP contribution is -2.48. The molecule has 3 heterocycles. The predicted molar refractivity (Wildman–Crippen MR) is 129 cm³/mol. The Hall–Kier alpha value is -3.41. The summed E-state index contributed by atoms with van der Waals surface area (Å²) in [4.78, 5) is 20.6. The van der Waals surface area contributed by atoms with Crippen LogP contribution >= 0.6 is 0 Å². The summed E-state index contributed by atoms with van der Waals surface area (Å²) in [5, 5.41) is 4.31. The Bertz CT molecular complexity index is 1260. The highest BCUT2D eigenvalue weighted by molar-refractivity contribution is 6.01. The third-order valence-corrected chi connectivity index (χ3v) is 6.79. The van der Waals surface area contributed by atoms with E-state index in [1.807, 2.05) is 62.8 Å². The molecular weight excluding hydrogens is 412 g/mol. The molecule has 2 aromatic carbocycles. The van der Waals surface area contributed by atoms with Gasteiger partial charge in [0.1, 0.15) is 5.52 Å². The van der Waals surface area contributed by atoms with Gasteiger partial charge in [0, 0.05) is 43.4 Å². The van der Waals surface area contributed by atoms with Gasteiger partial charge in [-0.25, -0.2) is 4.98 Å². The first-order valence-electron chi connectivity index (χ1n) is 11.7. The van der Waals surface area contributed by atoms with E-state index in [0.717, 1.165) is 71.5 Å². The Kier molecular flexibility index (Phi) is 5.75. The molecule has 6 nitrogen and oxygen atoms in total. The van der Waals surface area contributed by atoms with Crippen molar-refractivity contribution in [2.75, 3.05) is 6.54 Å². The van der Waals surface area contributed by atoms with E-state index >= 15 is 0 Å². The lowest BCUT2D eigenvalue weighted by atomic mass is 9.86. The Labute approximate surface area is 194 Å². The molecule has 2 atom stereocenters. The van der Waals surface area contributed by atoms with E-state index in [0.29, 0.717) is 5.92 Å². The Morgan fingerprint density at radius 3 is 2.85 bits per heavy atom. The number of aromatic nitrogens is 3. The molecule has 1 amide bonds. The zero-order valence-corrected chi connectivity index (χ0v) is 19.5. The molecule has 2 aromatic heterocycles. The lowest BCUT2D eigenvalue weighted by Gasteiger charge is -2.40. The third kappa shape index (κ3) is 4.30. The van der Waals surface area contributed by atoms with Crippen LogP contribution in [0, 0.1) is 12.8 Å². The van der Waals surface area contributed by atoms with Crippen LogP contribution in [-0.4, -0.2) is 38.2 Å². The number of benzene rings is 2. The van der Waals surface area contributed by atoms with E-state index in [-0.39, 0.29) is 11.9 Å². The van der Waals surface area contributed by atoms with Crippen molar-refractivity contribution in [1.29, 1.82) is 0 Å². The molecule has 0 radical (unpaired) electrons. The summed E-state index contributed by atoms with van der Waals surface area (Å²) in [6.07, 6.45) is 7.51. The largest absolute Gasteiger partial charge is 0.441 e. The molecule has 170 valence electrons. The van der Waals surface area contributed by atoms with Crippen molar-refractivity contribution < 1.29 is 9.21 Å². The standard InChI is InChI=1S/C27H30N4O2/c1-18-10-11-21(20-16-28-30(3)17-20)22(15-18)27(32)31-14-6-7-19(2)24(31)12-13-26-29-23-8-4-5-9-25(23)33-26/h4-5,8-11,15-17,19,24H,6-7,12-14H2,1-3H3/t19-,24-/m1/s1. The van der Waals surface area contributed by atoms with Gasteiger partial charge in [-0.05, 0) is 55.9 Å². The van der Waals surface area contributed by atoms with Gasteiger partial charge >= 0.3 is 0 Å². The summed E-state index contributed by atoms with van der Waals surface area (Å²) in [5.74, 6) is 1.28. The number of rotatable bonds is 5. The molecular formula is C27H30N4O2. The number of carbonyl (C=O) groups excluding carboxylic acids is 1. The molecule has 6 heteroatoms. The van der Waals surface area contributed by atoms with Crippen LogP contribution in [0.1, 0.15) is 48.0 Å². The van der Waals surface area contributed by atoms with Crippen LogP contribution in [0.15, 0.2) is 59.3 Å². The number of hydrogen-bond donors (Lipinski definition) is 0. The van der Waals surface area contributed by atoms with Gasteiger partial charge in [-0.15, -0.1) is 0 Å². The maximum absolute atomic E-state index is 13.9. The number of nitrogens with zero attached hydrogens (tertiary/aromatic N) is 4. The second-order valence-electron chi connectivity index (χ2n) is 9.25. The van der Waals surface area contributed by atoms with Crippen molar-refractivity contribution in [1.82, 2.24) is 19.7 Å². The fraction of sp³-hybridized carbons (Fsp3) is 0.370. The minimum absolute atomic E-state index is 0.103. The van der Waals surface area contributed by atoms with Crippen molar-refractivity contribution in [3.63, 3.8) is 0 Å². The van der Waals surface area contributed by atoms with Gasteiger partial charge in [0.2, 0.25) is 0 Å². The molecule has 0 bridgehead atoms. The number of fused-ring (bicyclic) bond motifs is 1. The summed E-state index contributed by atoms with van der Waals surface area (Å²) in [6.45, 7) is 5.07. The number of para-hydroxylation sites is 2. The van der Waals surface area contributed by atoms with Gasteiger partial charge in [0.15, 0.2) is 11.5 Å². The average molecular weight is 443 g/mol. The van der Waals surface area contributed by atoms with Crippen LogP contribution in [0.3, 0.4) is 0 Å². The maximum Gasteiger partial charge on any atom is 0.254 e. The molecule has 0 aliphatic carbocycles. The highest BCUT2D eigenvalue weighted by atomic mass is 16.3. The molecule has 1 fully saturated rings. The minimum Gasteiger partial charge on any atom is -0.441 e. The zero-order valence-electron chi connectivity index (χ0n) is 19.5. The first-order valence-corrected chi connectivity index (χ1v) is 11.7. The van der Waals surface area contributed by atoms with Crippen molar-refractivity contribution in [2.24, 2.45) is 13.0 Å². The molecule has 0 spiro atoms. The van der Waals surface area contributed by atoms with E-state index in [2.05, 4.69) is 28.0 Å². The summed E-state index contributed by atoms with van der Waals surface area (Å²) in [5.41, 5.74) is 5.45. The van der Waals surface area contributed by atoms with Gasteiger partial charge in [-0.1, -0.05) is 36.8 Å².